The second-order valence-corrected chi connectivity index (χ2v) is 5.24. The lowest BCUT2D eigenvalue weighted by atomic mass is 10.4. The van der Waals surface area contributed by atoms with Crippen LogP contribution in [-0.2, 0) is 0 Å². The number of aliphatic hydroxyl groups excluding tert-OH is 1. The molecule has 90 valence electrons. The van der Waals surface area contributed by atoms with Gasteiger partial charge in [0.25, 0.3) is 0 Å². The first-order valence-corrected chi connectivity index (χ1v) is 6.92. The SMILES string of the molecule is OCCCSCCNc1ncc(Br)cc1F. The van der Waals surface area contributed by atoms with E-state index in [1.54, 1.807) is 18.0 Å². The Hall–Kier alpha value is -0.330. The molecule has 0 amide bonds. The Bertz CT molecular complexity index is 328. The minimum Gasteiger partial charge on any atom is -0.396 e. The van der Waals surface area contributed by atoms with Gasteiger partial charge in [0.15, 0.2) is 11.6 Å². The molecule has 16 heavy (non-hydrogen) atoms. The fraction of sp³-hybridized carbons (Fsp3) is 0.500. The van der Waals surface area contributed by atoms with Crippen LogP contribution in [0.25, 0.3) is 0 Å². The van der Waals surface area contributed by atoms with Crippen LogP contribution in [0.2, 0.25) is 0 Å². The van der Waals surface area contributed by atoms with Gasteiger partial charge in [0.05, 0.1) is 0 Å². The Kier molecular flexibility index (Phi) is 6.75. The van der Waals surface area contributed by atoms with Crippen molar-refractivity contribution in [2.45, 2.75) is 6.42 Å². The van der Waals surface area contributed by atoms with Gasteiger partial charge in [0, 0.05) is 29.6 Å². The van der Waals surface area contributed by atoms with Crippen LogP contribution in [0.3, 0.4) is 0 Å². The Balaban J connectivity index is 2.21. The van der Waals surface area contributed by atoms with Gasteiger partial charge in [-0.25, -0.2) is 9.37 Å². The van der Waals surface area contributed by atoms with Gasteiger partial charge >= 0.3 is 0 Å². The van der Waals surface area contributed by atoms with Gasteiger partial charge in [-0.3, -0.25) is 0 Å². The molecule has 1 aromatic heterocycles. The summed E-state index contributed by atoms with van der Waals surface area (Å²) >= 11 is 4.87. The maximum Gasteiger partial charge on any atom is 0.166 e. The number of rotatable bonds is 7. The van der Waals surface area contributed by atoms with E-state index in [2.05, 4.69) is 26.2 Å². The summed E-state index contributed by atoms with van der Waals surface area (Å²) < 4.78 is 13.9. The van der Waals surface area contributed by atoms with Gasteiger partial charge in [-0.05, 0) is 34.2 Å². The lowest BCUT2D eigenvalue weighted by molar-refractivity contribution is 0.296. The van der Waals surface area contributed by atoms with E-state index in [1.165, 1.54) is 6.07 Å². The van der Waals surface area contributed by atoms with Gasteiger partial charge in [-0.2, -0.15) is 11.8 Å². The summed E-state index contributed by atoms with van der Waals surface area (Å²) in [6.45, 7) is 0.894. The van der Waals surface area contributed by atoms with Crippen LogP contribution >= 0.6 is 27.7 Å². The van der Waals surface area contributed by atoms with Crippen LogP contribution in [0.4, 0.5) is 10.2 Å². The molecule has 0 aliphatic heterocycles. The third-order valence-electron chi connectivity index (χ3n) is 1.79. The number of aliphatic hydroxyl groups is 1. The summed E-state index contributed by atoms with van der Waals surface area (Å²) in [6, 6.07) is 1.38. The minimum atomic E-state index is -0.352. The van der Waals surface area contributed by atoms with Crippen LogP contribution in [0.5, 0.6) is 0 Å². The van der Waals surface area contributed by atoms with E-state index in [9.17, 15) is 4.39 Å². The highest BCUT2D eigenvalue weighted by atomic mass is 79.9. The van der Waals surface area contributed by atoms with Crippen molar-refractivity contribution in [3.63, 3.8) is 0 Å². The molecule has 0 fully saturated rings. The molecule has 0 aromatic carbocycles. The van der Waals surface area contributed by atoms with Crippen LogP contribution in [0.1, 0.15) is 6.42 Å². The normalized spacial score (nSPS) is 10.4. The first-order valence-electron chi connectivity index (χ1n) is 4.97. The smallest absolute Gasteiger partial charge is 0.166 e. The molecule has 0 radical (unpaired) electrons. The van der Waals surface area contributed by atoms with Crippen LogP contribution in [-0.4, -0.2) is 34.7 Å². The van der Waals surface area contributed by atoms with Gasteiger partial charge in [-0.1, -0.05) is 0 Å². The zero-order valence-electron chi connectivity index (χ0n) is 8.75. The predicted octanol–water partition coefficient (Wildman–Crippen LogP) is 2.51. The zero-order chi connectivity index (χ0) is 11.8. The van der Waals surface area contributed by atoms with Gasteiger partial charge in [0.2, 0.25) is 0 Å². The molecule has 1 rings (SSSR count). The number of anilines is 1. The lowest BCUT2D eigenvalue weighted by Crippen LogP contribution is -2.07. The monoisotopic (exact) mass is 308 g/mol. The van der Waals surface area contributed by atoms with E-state index in [0.29, 0.717) is 11.0 Å². The van der Waals surface area contributed by atoms with Crippen LogP contribution in [0, 0.1) is 5.82 Å². The molecule has 0 aliphatic rings. The standard InChI is InChI=1S/C10H14BrFN2OS/c11-8-6-9(12)10(14-7-8)13-2-5-16-4-1-3-15/h6-7,15H,1-5H2,(H,13,14). The number of hydrogen-bond donors (Lipinski definition) is 2. The largest absolute Gasteiger partial charge is 0.396 e. The molecule has 6 heteroatoms. The summed E-state index contributed by atoms with van der Waals surface area (Å²) in [7, 11) is 0. The highest BCUT2D eigenvalue weighted by Gasteiger charge is 2.02. The second kappa shape index (κ2) is 7.86. The predicted molar refractivity (Wildman–Crippen MR) is 69.4 cm³/mol. The average Bonchev–Trinajstić information content (AvgIpc) is 2.26. The number of aromatic nitrogens is 1. The highest BCUT2D eigenvalue weighted by molar-refractivity contribution is 9.10. The number of thioether (sulfide) groups is 1. The van der Waals surface area contributed by atoms with Crippen LogP contribution < -0.4 is 5.32 Å². The summed E-state index contributed by atoms with van der Waals surface area (Å²) in [4.78, 5) is 3.93. The second-order valence-electron chi connectivity index (χ2n) is 3.10. The fourth-order valence-electron chi connectivity index (χ4n) is 1.05. The molecule has 0 aliphatic carbocycles. The quantitative estimate of drug-likeness (QED) is 0.760. The molecule has 0 unspecified atom stereocenters. The van der Waals surface area contributed by atoms with Crippen molar-refractivity contribution in [3.8, 4) is 0 Å². The van der Waals surface area contributed by atoms with E-state index >= 15 is 0 Å². The molecule has 0 atom stereocenters. The van der Waals surface area contributed by atoms with Crippen LogP contribution in [0.15, 0.2) is 16.7 Å². The number of pyridine rings is 1. The van der Waals surface area contributed by atoms with Crippen molar-refractivity contribution in [2.75, 3.05) is 30.0 Å². The van der Waals surface area contributed by atoms with Crippen molar-refractivity contribution >= 4 is 33.5 Å². The maximum atomic E-state index is 13.3. The minimum absolute atomic E-state index is 0.226. The molecule has 1 heterocycles. The van der Waals surface area contributed by atoms with E-state index in [4.69, 9.17) is 5.11 Å². The first kappa shape index (κ1) is 13.7. The summed E-state index contributed by atoms with van der Waals surface area (Å²) in [5, 5.41) is 11.5. The van der Waals surface area contributed by atoms with E-state index in [0.717, 1.165) is 17.9 Å². The molecule has 0 saturated carbocycles. The average molecular weight is 309 g/mol. The van der Waals surface area contributed by atoms with Gasteiger partial charge < -0.3 is 10.4 Å². The Morgan fingerprint density at radius 2 is 2.31 bits per heavy atom. The Morgan fingerprint density at radius 3 is 3.00 bits per heavy atom. The first-order chi connectivity index (χ1) is 7.74. The third-order valence-corrected chi connectivity index (χ3v) is 3.30. The molecule has 0 spiro atoms. The molecule has 2 N–H and O–H groups in total. The highest BCUT2D eigenvalue weighted by Crippen LogP contribution is 2.15. The van der Waals surface area contributed by atoms with E-state index in [-0.39, 0.29) is 18.2 Å². The molecule has 0 saturated heterocycles. The molecular formula is C10H14BrFN2OS. The topological polar surface area (TPSA) is 45.1 Å². The van der Waals surface area contributed by atoms with Crippen molar-refractivity contribution in [1.29, 1.82) is 0 Å². The molecule has 1 aromatic rings. The van der Waals surface area contributed by atoms with E-state index < -0.39 is 0 Å². The Labute approximate surface area is 107 Å². The fourth-order valence-corrected chi connectivity index (χ4v) is 2.14. The molecule has 3 nitrogen and oxygen atoms in total. The number of halogens is 2. The summed E-state index contributed by atoms with van der Waals surface area (Å²) in [5.41, 5.74) is 0. The van der Waals surface area contributed by atoms with Crippen molar-refractivity contribution < 1.29 is 9.50 Å². The number of hydrogen-bond acceptors (Lipinski definition) is 4. The van der Waals surface area contributed by atoms with Crippen molar-refractivity contribution in [3.05, 3.63) is 22.6 Å². The van der Waals surface area contributed by atoms with Gasteiger partial charge in [-0.15, -0.1) is 0 Å². The Morgan fingerprint density at radius 1 is 1.50 bits per heavy atom. The lowest BCUT2D eigenvalue weighted by Gasteiger charge is -2.06. The zero-order valence-corrected chi connectivity index (χ0v) is 11.2. The third kappa shape index (κ3) is 5.14. The summed E-state index contributed by atoms with van der Waals surface area (Å²) in [5.74, 6) is 1.73. The van der Waals surface area contributed by atoms with E-state index in [1.807, 2.05) is 0 Å². The number of nitrogens with zero attached hydrogens (tertiary/aromatic N) is 1. The molecular weight excluding hydrogens is 295 g/mol. The van der Waals surface area contributed by atoms with Crippen molar-refractivity contribution in [2.24, 2.45) is 0 Å². The maximum absolute atomic E-state index is 13.3. The number of nitrogens with one attached hydrogen (secondary N) is 1. The van der Waals surface area contributed by atoms with Crippen molar-refractivity contribution in [1.82, 2.24) is 4.98 Å². The summed E-state index contributed by atoms with van der Waals surface area (Å²) in [6.07, 6.45) is 2.36. The van der Waals surface area contributed by atoms with Gasteiger partial charge in [0.1, 0.15) is 0 Å². The molecule has 0 bridgehead atoms.